The highest BCUT2D eigenvalue weighted by molar-refractivity contribution is 5.13. The molecule has 2 atom stereocenters. The zero-order valence-corrected chi connectivity index (χ0v) is 12.2. The minimum Gasteiger partial charge on any atom is -0.372 e. The molecule has 0 amide bonds. The van der Waals surface area contributed by atoms with Crippen LogP contribution in [-0.4, -0.2) is 18.1 Å². The van der Waals surface area contributed by atoms with E-state index in [-0.39, 0.29) is 0 Å². The minimum absolute atomic E-state index is 0.442. The minimum atomic E-state index is 0.442. The second-order valence-electron chi connectivity index (χ2n) is 5.49. The molecule has 1 fully saturated rings. The third-order valence-corrected chi connectivity index (χ3v) is 4.08. The van der Waals surface area contributed by atoms with E-state index < -0.39 is 0 Å². The summed E-state index contributed by atoms with van der Waals surface area (Å²) in [6, 6.07) is 4.21. The van der Waals surface area contributed by atoms with Crippen LogP contribution in [0.4, 0.5) is 0 Å². The van der Waals surface area contributed by atoms with Crippen LogP contribution in [0.2, 0.25) is 0 Å². The van der Waals surface area contributed by atoms with E-state index >= 15 is 0 Å². The van der Waals surface area contributed by atoms with Gasteiger partial charge in [-0.3, -0.25) is 4.98 Å². The molecule has 2 rings (SSSR count). The quantitative estimate of drug-likeness (QED) is 0.854. The van der Waals surface area contributed by atoms with Crippen LogP contribution in [0.15, 0.2) is 18.3 Å². The topological polar surface area (TPSA) is 34.1 Å². The fourth-order valence-electron chi connectivity index (χ4n) is 2.90. The maximum absolute atomic E-state index is 6.09. The van der Waals surface area contributed by atoms with Gasteiger partial charge in [0.2, 0.25) is 0 Å². The summed E-state index contributed by atoms with van der Waals surface area (Å²) in [4.78, 5) is 4.47. The zero-order chi connectivity index (χ0) is 13.5. The van der Waals surface area contributed by atoms with Crippen molar-refractivity contribution in [2.45, 2.75) is 58.3 Å². The molecule has 0 bridgehead atoms. The van der Waals surface area contributed by atoms with E-state index in [0.717, 1.165) is 18.2 Å². The van der Waals surface area contributed by atoms with Gasteiger partial charge >= 0.3 is 0 Å². The van der Waals surface area contributed by atoms with Gasteiger partial charge in [-0.15, -0.1) is 0 Å². The number of aromatic nitrogens is 1. The highest BCUT2D eigenvalue weighted by atomic mass is 16.5. The van der Waals surface area contributed by atoms with Gasteiger partial charge in [-0.1, -0.05) is 32.3 Å². The van der Waals surface area contributed by atoms with Gasteiger partial charge in [-0.25, -0.2) is 0 Å². The van der Waals surface area contributed by atoms with Crippen LogP contribution in [-0.2, 0) is 17.9 Å². The standard InChI is InChI=1S/C16H26N2O/c1-3-14-6-4-5-7-16(14)19-12-15-9-8-13(10-17-2)11-18-15/h8-9,11,14,16-17H,3-7,10,12H2,1-2H3. The van der Waals surface area contributed by atoms with E-state index in [0.29, 0.717) is 12.7 Å². The lowest BCUT2D eigenvalue weighted by Gasteiger charge is -2.30. The van der Waals surface area contributed by atoms with Crippen molar-refractivity contribution < 1.29 is 4.74 Å². The van der Waals surface area contributed by atoms with E-state index in [1.165, 1.54) is 37.7 Å². The van der Waals surface area contributed by atoms with Gasteiger partial charge in [0.1, 0.15) is 0 Å². The molecule has 0 aliphatic heterocycles. The maximum atomic E-state index is 6.09. The van der Waals surface area contributed by atoms with Crippen molar-refractivity contribution in [1.82, 2.24) is 10.3 Å². The summed E-state index contributed by atoms with van der Waals surface area (Å²) in [6.45, 7) is 3.80. The largest absolute Gasteiger partial charge is 0.372 e. The Morgan fingerprint density at radius 2 is 2.16 bits per heavy atom. The molecule has 1 aliphatic carbocycles. The number of pyridine rings is 1. The van der Waals surface area contributed by atoms with Crippen molar-refractivity contribution in [3.63, 3.8) is 0 Å². The molecule has 3 nitrogen and oxygen atoms in total. The fourth-order valence-corrected chi connectivity index (χ4v) is 2.90. The van der Waals surface area contributed by atoms with Gasteiger partial charge in [0.25, 0.3) is 0 Å². The third kappa shape index (κ3) is 4.29. The van der Waals surface area contributed by atoms with Crippen molar-refractivity contribution in [3.8, 4) is 0 Å². The molecular weight excluding hydrogens is 236 g/mol. The lowest BCUT2D eigenvalue weighted by atomic mass is 9.85. The molecule has 1 aliphatic rings. The Balaban J connectivity index is 1.83. The van der Waals surface area contributed by atoms with Gasteiger partial charge in [0.15, 0.2) is 0 Å². The first-order chi connectivity index (χ1) is 9.33. The Labute approximate surface area is 116 Å². The van der Waals surface area contributed by atoms with Crippen LogP contribution in [0.3, 0.4) is 0 Å². The number of hydrogen-bond donors (Lipinski definition) is 1. The average molecular weight is 262 g/mol. The lowest BCUT2D eigenvalue weighted by Crippen LogP contribution is -2.27. The van der Waals surface area contributed by atoms with Crippen LogP contribution in [0.25, 0.3) is 0 Å². The summed E-state index contributed by atoms with van der Waals surface area (Å²) in [5.41, 5.74) is 2.26. The van der Waals surface area contributed by atoms with Gasteiger partial charge in [0.05, 0.1) is 18.4 Å². The Hall–Kier alpha value is -0.930. The molecular formula is C16H26N2O. The summed E-state index contributed by atoms with van der Waals surface area (Å²) in [6.07, 6.45) is 8.85. The van der Waals surface area contributed by atoms with Gasteiger partial charge in [0, 0.05) is 12.7 Å². The third-order valence-electron chi connectivity index (χ3n) is 4.08. The highest BCUT2D eigenvalue weighted by Gasteiger charge is 2.24. The monoisotopic (exact) mass is 262 g/mol. The lowest BCUT2D eigenvalue weighted by molar-refractivity contribution is -0.0234. The molecule has 1 aromatic heterocycles. The SMILES string of the molecule is CCC1CCCCC1OCc1ccc(CNC)cn1. The Morgan fingerprint density at radius 3 is 2.84 bits per heavy atom. The Morgan fingerprint density at radius 1 is 1.32 bits per heavy atom. The predicted octanol–water partition coefficient (Wildman–Crippen LogP) is 3.29. The molecule has 1 heterocycles. The molecule has 1 saturated carbocycles. The Bertz CT molecular complexity index is 364. The van der Waals surface area contributed by atoms with Crippen LogP contribution in [0.5, 0.6) is 0 Å². The molecule has 19 heavy (non-hydrogen) atoms. The zero-order valence-electron chi connectivity index (χ0n) is 12.2. The van der Waals surface area contributed by atoms with Gasteiger partial charge in [-0.05, 0) is 37.4 Å². The first-order valence-corrected chi connectivity index (χ1v) is 7.53. The number of nitrogens with one attached hydrogen (secondary N) is 1. The van der Waals surface area contributed by atoms with Crippen molar-refractivity contribution in [3.05, 3.63) is 29.6 Å². The Kier molecular flexibility index (Phi) is 5.80. The van der Waals surface area contributed by atoms with Crippen molar-refractivity contribution in [1.29, 1.82) is 0 Å². The number of hydrogen-bond acceptors (Lipinski definition) is 3. The molecule has 0 radical (unpaired) electrons. The van der Waals surface area contributed by atoms with E-state index in [9.17, 15) is 0 Å². The second kappa shape index (κ2) is 7.61. The van der Waals surface area contributed by atoms with E-state index in [1.54, 1.807) is 0 Å². The van der Waals surface area contributed by atoms with E-state index in [4.69, 9.17) is 4.74 Å². The number of nitrogens with zero attached hydrogens (tertiary/aromatic N) is 1. The molecule has 2 unspecified atom stereocenters. The maximum Gasteiger partial charge on any atom is 0.0891 e. The fraction of sp³-hybridized carbons (Fsp3) is 0.688. The average Bonchev–Trinajstić information content (AvgIpc) is 2.47. The smallest absolute Gasteiger partial charge is 0.0891 e. The van der Waals surface area contributed by atoms with E-state index in [1.807, 2.05) is 13.2 Å². The summed E-state index contributed by atoms with van der Waals surface area (Å²) in [7, 11) is 1.95. The summed E-state index contributed by atoms with van der Waals surface area (Å²) >= 11 is 0. The molecule has 0 aromatic carbocycles. The van der Waals surface area contributed by atoms with Crippen LogP contribution < -0.4 is 5.32 Å². The second-order valence-corrected chi connectivity index (χ2v) is 5.49. The number of rotatable bonds is 6. The summed E-state index contributed by atoms with van der Waals surface area (Å²) in [5, 5.41) is 3.13. The molecule has 106 valence electrons. The van der Waals surface area contributed by atoms with Crippen LogP contribution in [0, 0.1) is 5.92 Å². The van der Waals surface area contributed by atoms with Crippen molar-refractivity contribution in [2.75, 3.05) is 7.05 Å². The van der Waals surface area contributed by atoms with Crippen LogP contribution >= 0.6 is 0 Å². The normalized spacial score (nSPS) is 23.5. The first-order valence-electron chi connectivity index (χ1n) is 7.53. The molecule has 3 heteroatoms. The van der Waals surface area contributed by atoms with Crippen LogP contribution in [0.1, 0.15) is 50.3 Å². The summed E-state index contributed by atoms with van der Waals surface area (Å²) < 4.78 is 6.09. The molecule has 0 saturated heterocycles. The molecule has 0 spiro atoms. The summed E-state index contributed by atoms with van der Waals surface area (Å²) in [5.74, 6) is 0.748. The number of ether oxygens (including phenoxy) is 1. The van der Waals surface area contributed by atoms with Crippen molar-refractivity contribution in [2.24, 2.45) is 5.92 Å². The highest BCUT2D eigenvalue weighted by Crippen LogP contribution is 2.29. The van der Waals surface area contributed by atoms with Gasteiger partial charge < -0.3 is 10.1 Å². The van der Waals surface area contributed by atoms with E-state index in [2.05, 4.69) is 29.4 Å². The van der Waals surface area contributed by atoms with Gasteiger partial charge in [-0.2, -0.15) is 0 Å². The van der Waals surface area contributed by atoms with Crippen molar-refractivity contribution >= 4 is 0 Å². The predicted molar refractivity (Wildman–Crippen MR) is 77.8 cm³/mol. The molecule has 1 N–H and O–H groups in total. The first kappa shape index (κ1) is 14.5. The molecule has 1 aromatic rings.